The number of amides is 1. The van der Waals surface area contributed by atoms with Crippen molar-refractivity contribution < 1.29 is 4.79 Å². The van der Waals surface area contributed by atoms with Crippen molar-refractivity contribution >= 4 is 35.1 Å². The lowest BCUT2D eigenvalue weighted by Gasteiger charge is -2.42. The van der Waals surface area contributed by atoms with E-state index in [1.807, 2.05) is 18.4 Å². The van der Waals surface area contributed by atoms with Gasteiger partial charge in [-0.15, -0.1) is 11.8 Å². The van der Waals surface area contributed by atoms with E-state index in [2.05, 4.69) is 55.1 Å². The molecule has 0 aromatic heterocycles. The fraction of sp³-hybridized carbons (Fsp3) is 0.304. The van der Waals surface area contributed by atoms with E-state index < -0.39 is 0 Å². The molecule has 2 heterocycles. The van der Waals surface area contributed by atoms with Crippen molar-refractivity contribution in [1.29, 1.82) is 5.26 Å². The second-order valence-electron chi connectivity index (χ2n) is 7.41. The first kappa shape index (κ1) is 19.9. The van der Waals surface area contributed by atoms with Gasteiger partial charge in [-0.3, -0.25) is 9.69 Å². The zero-order valence-electron chi connectivity index (χ0n) is 16.8. The van der Waals surface area contributed by atoms with Gasteiger partial charge < -0.3 is 4.90 Å². The van der Waals surface area contributed by atoms with Crippen molar-refractivity contribution in [1.82, 2.24) is 4.90 Å². The summed E-state index contributed by atoms with van der Waals surface area (Å²) in [5.74, 6) is 0.652. The van der Waals surface area contributed by atoms with Crippen LogP contribution in [0.1, 0.15) is 29.0 Å². The van der Waals surface area contributed by atoms with Gasteiger partial charge in [0.25, 0.3) is 0 Å². The van der Waals surface area contributed by atoms with Crippen molar-refractivity contribution in [2.24, 2.45) is 0 Å². The van der Waals surface area contributed by atoms with Crippen LogP contribution >= 0.6 is 23.5 Å². The molecule has 1 amide bonds. The van der Waals surface area contributed by atoms with Gasteiger partial charge in [-0.2, -0.15) is 5.26 Å². The van der Waals surface area contributed by atoms with Gasteiger partial charge in [-0.05, 0) is 61.1 Å². The molecule has 0 saturated carbocycles. The monoisotopic (exact) mass is 421 g/mol. The zero-order valence-corrected chi connectivity index (χ0v) is 18.4. The van der Waals surface area contributed by atoms with Crippen molar-refractivity contribution in [3.63, 3.8) is 0 Å². The van der Waals surface area contributed by atoms with Crippen LogP contribution < -0.4 is 4.90 Å². The van der Waals surface area contributed by atoms with E-state index >= 15 is 0 Å². The number of benzene rings is 2. The third-order valence-corrected chi connectivity index (χ3v) is 7.57. The molecule has 2 aromatic carbocycles. The summed E-state index contributed by atoms with van der Waals surface area (Å²) in [7, 11) is 0. The molecule has 2 aromatic rings. The van der Waals surface area contributed by atoms with E-state index in [1.165, 1.54) is 16.0 Å². The Balaban J connectivity index is 1.64. The number of carbonyl (C=O) groups is 1. The van der Waals surface area contributed by atoms with Crippen molar-refractivity contribution in [3.05, 3.63) is 69.8 Å². The number of nitriles is 1. The predicted molar refractivity (Wildman–Crippen MR) is 121 cm³/mol. The lowest BCUT2D eigenvalue weighted by molar-refractivity contribution is -0.129. The molecule has 2 aliphatic heterocycles. The highest BCUT2D eigenvalue weighted by Gasteiger charge is 2.38. The van der Waals surface area contributed by atoms with Crippen LogP contribution in [0.3, 0.4) is 0 Å². The Labute approximate surface area is 180 Å². The number of hydrogen-bond acceptors (Lipinski definition) is 5. The molecule has 148 valence electrons. The third kappa shape index (κ3) is 3.77. The highest BCUT2D eigenvalue weighted by molar-refractivity contribution is 8.03. The smallest absolute Gasteiger partial charge is 0.229 e. The average molecular weight is 422 g/mol. The first-order chi connectivity index (χ1) is 14.0. The standard InChI is InChI=1S/C23H23N3OS2/c1-15-4-7-18(10-16(15)2)25-13-26-22(27)11-20(21(12-24)23(26)29-14-25)17-5-8-19(28-3)9-6-17/h4-10,20H,11,13-14H2,1-3H3/t20-/m1/s1. The number of anilines is 1. The van der Waals surface area contributed by atoms with Crippen molar-refractivity contribution in [2.75, 3.05) is 23.7 Å². The quantitative estimate of drug-likeness (QED) is 0.634. The molecular formula is C23H23N3OS2. The van der Waals surface area contributed by atoms with E-state index in [1.54, 1.807) is 28.4 Å². The topological polar surface area (TPSA) is 47.3 Å². The van der Waals surface area contributed by atoms with Gasteiger partial charge in [0, 0.05) is 22.9 Å². The van der Waals surface area contributed by atoms with E-state index in [4.69, 9.17) is 0 Å². The molecule has 1 saturated heterocycles. The van der Waals surface area contributed by atoms with E-state index in [0.29, 0.717) is 18.7 Å². The molecule has 29 heavy (non-hydrogen) atoms. The van der Waals surface area contributed by atoms with Gasteiger partial charge in [0.05, 0.1) is 29.2 Å². The second kappa shape index (κ2) is 8.17. The SMILES string of the molecule is CSc1ccc([C@H]2CC(=O)N3CN(c4ccc(C)c(C)c4)CSC3=C2C#N)cc1. The molecule has 0 unspecified atom stereocenters. The molecule has 1 atom stereocenters. The molecule has 0 bridgehead atoms. The number of aryl methyl sites for hydroxylation is 2. The van der Waals surface area contributed by atoms with Gasteiger partial charge in [0.1, 0.15) is 0 Å². The van der Waals surface area contributed by atoms with Gasteiger partial charge in [-0.1, -0.05) is 30.0 Å². The van der Waals surface area contributed by atoms with Gasteiger partial charge in [-0.25, -0.2) is 0 Å². The number of carbonyl (C=O) groups excluding carboxylic acids is 1. The second-order valence-corrected chi connectivity index (χ2v) is 9.22. The number of hydrogen-bond donors (Lipinski definition) is 0. The highest BCUT2D eigenvalue weighted by Crippen LogP contribution is 2.43. The van der Waals surface area contributed by atoms with Gasteiger partial charge >= 0.3 is 0 Å². The Kier molecular flexibility index (Phi) is 5.62. The lowest BCUT2D eigenvalue weighted by atomic mass is 9.86. The Bertz CT molecular complexity index is 1020. The highest BCUT2D eigenvalue weighted by atomic mass is 32.2. The molecule has 6 heteroatoms. The normalized spacial score (nSPS) is 19.2. The third-order valence-electron chi connectivity index (χ3n) is 5.67. The minimum absolute atomic E-state index is 0.0824. The number of nitrogens with zero attached hydrogens (tertiary/aromatic N) is 3. The summed E-state index contributed by atoms with van der Waals surface area (Å²) in [6, 6.07) is 17.0. The summed E-state index contributed by atoms with van der Waals surface area (Å²) < 4.78 is 0. The van der Waals surface area contributed by atoms with Crippen LogP contribution in [0.15, 0.2) is 58.0 Å². The van der Waals surface area contributed by atoms with E-state index in [0.717, 1.165) is 22.2 Å². The summed E-state index contributed by atoms with van der Waals surface area (Å²) in [4.78, 5) is 18.2. The summed E-state index contributed by atoms with van der Waals surface area (Å²) in [6.45, 7) is 4.70. The molecule has 2 aliphatic rings. The van der Waals surface area contributed by atoms with E-state index in [-0.39, 0.29) is 11.8 Å². The van der Waals surface area contributed by atoms with Crippen LogP contribution in [-0.2, 0) is 4.79 Å². The van der Waals surface area contributed by atoms with Gasteiger partial charge in [0.2, 0.25) is 5.91 Å². The maximum absolute atomic E-state index is 13.0. The Hall–Kier alpha value is -2.36. The predicted octanol–water partition coefficient (Wildman–Crippen LogP) is 5.24. The molecule has 0 radical (unpaired) electrons. The van der Waals surface area contributed by atoms with E-state index in [9.17, 15) is 10.1 Å². The first-order valence-electron chi connectivity index (χ1n) is 9.55. The summed E-state index contributed by atoms with van der Waals surface area (Å²) in [5.41, 5.74) is 5.37. The molecule has 0 aliphatic carbocycles. The Morgan fingerprint density at radius 2 is 1.90 bits per heavy atom. The summed E-state index contributed by atoms with van der Waals surface area (Å²) in [5, 5.41) is 10.7. The number of rotatable bonds is 3. The molecule has 0 N–H and O–H groups in total. The van der Waals surface area contributed by atoms with Crippen LogP contribution in [0.2, 0.25) is 0 Å². The molecule has 1 fully saturated rings. The average Bonchev–Trinajstić information content (AvgIpc) is 2.75. The maximum atomic E-state index is 13.0. The van der Waals surface area contributed by atoms with Crippen LogP contribution in [0.5, 0.6) is 0 Å². The van der Waals surface area contributed by atoms with Crippen LogP contribution in [0.25, 0.3) is 0 Å². The zero-order chi connectivity index (χ0) is 20.5. The van der Waals surface area contributed by atoms with Crippen molar-refractivity contribution in [3.8, 4) is 6.07 Å². The summed E-state index contributed by atoms with van der Waals surface area (Å²) >= 11 is 3.27. The molecule has 0 spiro atoms. The number of fused-ring (bicyclic) bond motifs is 1. The summed E-state index contributed by atoms with van der Waals surface area (Å²) in [6.07, 6.45) is 2.38. The Morgan fingerprint density at radius 1 is 1.14 bits per heavy atom. The molecule has 4 nitrogen and oxygen atoms in total. The maximum Gasteiger partial charge on any atom is 0.229 e. The van der Waals surface area contributed by atoms with Crippen LogP contribution in [0, 0.1) is 25.2 Å². The number of thioether (sulfide) groups is 2. The first-order valence-corrected chi connectivity index (χ1v) is 11.8. The fourth-order valence-electron chi connectivity index (χ4n) is 3.77. The van der Waals surface area contributed by atoms with Crippen LogP contribution in [0.4, 0.5) is 5.69 Å². The minimum Gasteiger partial charge on any atom is -0.344 e. The lowest BCUT2D eigenvalue weighted by Crippen LogP contribution is -2.47. The number of allylic oxidation sites excluding steroid dienone is 1. The Morgan fingerprint density at radius 3 is 2.55 bits per heavy atom. The molecule has 4 rings (SSSR count). The van der Waals surface area contributed by atoms with Crippen LogP contribution in [-0.4, -0.2) is 29.6 Å². The minimum atomic E-state index is -0.157. The van der Waals surface area contributed by atoms with Gasteiger partial charge in [0.15, 0.2) is 0 Å². The van der Waals surface area contributed by atoms with Crippen molar-refractivity contribution in [2.45, 2.75) is 31.1 Å². The fourth-order valence-corrected chi connectivity index (χ4v) is 5.34. The molecular weight excluding hydrogens is 398 g/mol. The largest absolute Gasteiger partial charge is 0.344 e.